The summed E-state index contributed by atoms with van der Waals surface area (Å²) in [5, 5.41) is 3.22. The highest BCUT2D eigenvalue weighted by atomic mass is 79.9. The minimum atomic E-state index is 0.521. The van der Waals surface area contributed by atoms with Gasteiger partial charge in [-0.1, -0.05) is 26.0 Å². The number of nitrogen functional groups attached to an aromatic ring is 1. The Morgan fingerprint density at radius 2 is 1.74 bits per heavy atom. The van der Waals surface area contributed by atoms with E-state index in [1.54, 1.807) is 0 Å². The zero-order chi connectivity index (χ0) is 13.8. The van der Waals surface area contributed by atoms with Gasteiger partial charge in [-0.3, -0.25) is 0 Å². The van der Waals surface area contributed by atoms with E-state index in [4.69, 9.17) is 5.84 Å². The molecule has 6 heteroatoms. The molecular weight excluding hydrogens is 306 g/mol. The molecule has 0 aliphatic heterocycles. The van der Waals surface area contributed by atoms with Gasteiger partial charge in [0.15, 0.2) is 5.82 Å². The second-order valence-electron chi connectivity index (χ2n) is 4.43. The van der Waals surface area contributed by atoms with E-state index < -0.39 is 0 Å². The summed E-state index contributed by atoms with van der Waals surface area (Å²) in [5.74, 6) is 7.09. The largest absolute Gasteiger partial charge is 0.339 e. The van der Waals surface area contributed by atoms with Crippen molar-refractivity contribution in [2.45, 2.75) is 19.8 Å². The average Bonchev–Trinajstić information content (AvgIpc) is 2.42. The van der Waals surface area contributed by atoms with Gasteiger partial charge >= 0.3 is 0 Å². The summed E-state index contributed by atoms with van der Waals surface area (Å²) < 4.78 is 0.699. The van der Waals surface area contributed by atoms with Gasteiger partial charge in [0.05, 0.1) is 0 Å². The van der Waals surface area contributed by atoms with E-state index in [1.807, 2.05) is 12.1 Å². The van der Waals surface area contributed by atoms with E-state index in [9.17, 15) is 0 Å². The molecule has 0 bridgehead atoms. The van der Waals surface area contributed by atoms with Gasteiger partial charge in [-0.15, -0.1) is 0 Å². The molecule has 0 amide bonds. The lowest BCUT2D eigenvalue weighted by molar-refractivity contribution is 0.867. The van der Waals surface area contributed by atoms with Crippen LogP contribution < -0.4 is 16.6 Å². The zero-order valence-corrected chi connectivity index (χ0v) is 12.4. The Bertz CT molecular complexity index is 553. The number of nitrogens with zero attached hydrogens (tertiary/aromatic N) is 2. The Hall–Kier alpha value is -1.66. The van der Waals surface area contributed by atoms with Crippen molar-refractivity contribution in [3.05, 3.63) is 40.6 Å². The van der Waals surface area contributed by atoms with Gasteiger partial charge in [0, 0.05) is 5.69 Å². The Morgan fingerprint density at radius 3 is 2.32 bits per heavy atom. The third-order valence-electron chi connectivity index (χ3n) is 2.77. The second-order valence-corrected chi connectivity index (χ2v) is 5.22. The van der Waals surface area contributed by atoms with Crippen molar-refractivity contribution in [1.82, 2.24) is 9.97 Å². The van der Waals surface area contributed by atoms with E-state index in [2.05, 4.69) is 62.6 Å². The molecular formula is C13H16BrN5. The number of anilines is 3. The molecule has 0 atom stereocenters. The molecule has 0 unspecified atom stereocenters. The molecule has 0 aliphatic carbocycles. The van der Waals surface area contributed by atoms with Crippen molar-refractivity contribution >= 4 is 33.3 Å². The van der Waals surface area contributed by atoms with Crippen LogP contribution in [0, 0.1) is 0 Å². The molecule has 0 fully saturated rings. The molecule has 0 saturated carbocycles. The quantitative estimate of drug-likeness (QED) is 0.594. The molecule has 0 saturated heterocycles. The third kappa shape index (κ3) is 3.21. The fourth-order valence-electron chi connectivity index (χ4n) is 1.65. The number of halogens is 1. The van der Waals surface area contributed by atoms with Gasteiger partial charge in [-0.2, -0.15) is 0 Å². The summed E-state index contributed by atoms with van der Waals surface area (Å²) in [6, 6.07) is 8.26. The van der Waals surface area contributed by atoms with Crippen molar-refractivity contribution in [3.63, 3.8) is 0 Å². The number of nitrogens with one attached hydrogen (secondary N) is 2. The number of aromatic nitrogens is 2. The van der Waals surface area contributed by atoms with Crippen LogP contribution >= 0.6 is 15.9 Å². The van der Waals surface area contributed by atoms with E-state index in [-0.39, 0.29) is 0 Å². The summed E-state index contributed by atoms with van der Waals surface area (Å²) in [6.45, 7) is 4.34. The summed E-state index contributed by atoms with van der Waals surface area (Å²) >= 11 is 3.41. The summed E-state index contributed by atoms with van der Waals surface area (Å²) in [5.41, 5.74) is 4.77. The van der Waals surface area contributed by atoms with Crippen LogP contribution in [0.3, 0.4) is 0 Å². The first kappa shape index (κ1) is 13.8. The highest BCUT2D eigenvalue weighted by Gasteiger charge is 2.08. The Balaban J connectivity index is 2.21. The minimum Gasteiger partial charge on any atom is -0.339 e. The van der Waals surface area contributed by atoms with Gasteiger partial charge in [0.25, 0.3) is 0 Å². The molecule has 1 aromatic heterocycles. The number of hydrazine groups is 1. The number of nitrogens with two attached hydrogens (primary N) is 1. The summed E-state index contributed by atoms with van der Waals surface area (Å²) in [4.78, 5) is 8.18. The molecule has 0 aliphatic rings. The van der Waals surface area contributed by atoms with Gasteiger partial charge in [0.2, 0.25) is 0 Å². The number of benzene rings is 1. The molecule has 2 aromatic rings. The van der Waals surface area contributed by atoms with Crippen LogP contribution in [-0.4, -0.2) is 9.97 Å². The Labute approximate surface area is 120 Å². The molecule has 0 radical (unpaired) electrons. The summed E-state index contributed by atoms with van der Waals surface area (Å²) in [6.07, 6.45) is 1.45. The van der Waals surface area contributed by atoms with Crippen molar-refractivity contribution in [2.75, 3.05) is 10.7 Å². The fraction of sp³-hybridized carbons (Fsp3) is 0.231. The van der Waals surface area contributed by atoms with E-state index in [1.165, 1.54) is 11.9 Å². The van der Waals surface area contributed by atoms with Crippen LogP contribution in [0.25, 0.3) is 0 Å². The first-order valence-corrected chi connectivity index (χ1v) is 6.75. The predicted molar refractivity (Wildman–Crippen MR) is 81.4 cm³/mol. The smallest absolute Gasteiger partial charge is 0.159 e. The molecule has 100 valence electrons. The van der Waals surface area contributed by atoms with Gasteiger partial charge < -0.3 is 10.7 Å². The molecule has 1 heterocycles. The lowest BCUT2D eigenvalue weighted by atomic mass is 10.0. The SMILES string of the molecule is CC(C)c1ccc(Nc2ncnc(NN)c2Br)cc1. The average molecular weight is 322 g/mol. The second kappa shape index (κ2) is 5.99. The number of rotatable bonds is 4. The monoisotopic (exact) mass is 321 g/mol. The lowest BCUT2D eigenvalue weighted by Gasteiger charge is -2.11. The predicted octanol–water partition coefficient (Wildman–Crippen LogP) is 3.39. The topological polar surface area (TPSA) is 75.9 Å². The van der Waals surface area contributed by atoms with Gasteiger partial charge in [-0.25, -0.2) is 15.8 Å². The van der Waals surface area contributed by atoms with E-state index >= 15 is 0 Å². The Morgan fingerprint density at radius 1 is 1.11 bits per heavy atom. The van der Waals surface area contributed by atoms with Crippen molar-refractivity contribution in [1.29, 1.82) is 0 Å². The van der Waals surface area contributed by atoms with Crippen molar-refractivity contribution < 1.29 is 0 Å². The van der Waals surface area contributed by atoms with Crippen LogP contribution in [0.15, 0.2) is 35.1 Å². The van der Waals surface area contributed by atoms with Crippen molar-refractivity contribution in [2.24, 2.45) is 5.84 Å². The maximum atomic E-state index is 5.37. The first-order chi connectivity index (χ1) is 9.11. The summed E-state index contributed by atoms with van der Waals surface area (Å²) in [7, 11) is 0. The van der Waals surface area contributed by atoms with Crippen LogP contribution in [0.5, 0.6) is 0 Å². The lowest BCUT2D eigenvalue weighted by Crippen LogP contribution is -2.10. The highest BCUT2D eigenvalue weighted by molar-refractivity contribution is 9.10. The van der Waals surface area contributed by atoms with Gasteiger partial charge in [-0.05, 0) is 39.5 Å². The molecule has 1 aromatic carbocycles. The van der Waals surface area contributed by atoms with Crippen LogP contribution in [0.2, 0.25) is 0 Å². The number of hydrogen-bond acceptors (Lipinski definition) is 5. The van der Waals surface area contributed by atoms with Crippen LogP contribution in [-0.2, 0) is 0 Å². The first-order valence-electron chi connectivity index (χ1n) is 5.96. The molecule has 5 nitrogen and oxygen atoms in total. The van der Waals surface area contributed by atoms with E-state index in [0.717, 1.165) is 5.69 Å². The molecule has 4 N–H and O–H groups in total. The third-order valence-corrected chi connectivity index (χ3v) is 3.52. The van der Waals surface area contributed by atoms with Crippen LogP contribution in [0.4, 0.5) is 17.3 Å². The minimum absolute atomic E-state index is 0.521. The highest BCUT2D eigenvalue weighted by Crippen LogP contribution is 2.28. The van der Waals surface area contributed by atoms with Gasteiger partial charge in [0.1, 0.15) is 16.6 Å². The molecule has 2 rings (SSSR count). The standard InChI is InChI=1S/C13H16BrN5/c1-8(2)9-3-5-10(6-4-9)18-12-11(14)13(19-15)17-7-16-12/h3-8H,15H2,1-2H3,(H2,16,17,18,19). The Kier molecular flexibility index (Phi) is 4.34. The van der Waals surface area contributed by atoms with Crippen molar-refractivity contribution in [3.8, 4) is 0 Å². The van der Waals surface area contributed by atoms with E-state index in [0.29, 0.717) is 22.0 Å². The molecule has 0 spiro atoms. The van der Waals surface area contributed by atoms with Crippen LogP contribution in [0.1, 0.15) is 25.3 Å². The maximum Gasteiger partial charge on any atom is 0.159 e. The normalized spacial score (nSPS) is 10.6. The fourth-order valence-corrected chi connectivity index (χ4v) is 2.06. The zero-order valence-electron chi connectivity index (χ0n) is 10.8. The molecule has 19 heavy (non-hydrogen) atoms. The maximum absolute atomic E-state index is 5.37. The number of hydrogen-bond donors (Lipinski definition) is 3.